The summed E-state index contributed by atoms with van der Waals surface area (Å²) in [6.07, 6.45) is 0.173. The van der Waals surface area contributed by atoms with Crippen molar-refractivity contribution in [1.29, 1.82) is 0 Å². The SMILES string of the molecule is CC(C)CNC(=O)C(C)NCC1CN(C(C)C)CCO1. The zero-order valence-corrected chi connectivity index (χ0v) is 13.6. The maximum Gasteiger partial charge on any atom is 0.236 e. The number of amides is 1. The Hall–Kier alpha value is -0.650. The largest absolute Gasteiger partial charge is 0.374 e. The molecule has 1 saturated heterocycles. The highest BCUT2D eigenvalue weighted by Crippen LogP contribution is 2.08. The summed E-state index contributed by atoms with van der Waals surface area (Å²) in [4.78, 5) is 14.3. The summed E-state index contributed by atoms with van der Waals surface area (Å²) in [7, 11) is 0. The third-order valence-corrected chi connectivity index (χ3v) is 3.63. The van der Waals surface area contributed by atoms with Gasteiger partial charge >= 0.3 is 0 Å². The molecule has 0 radical (unpaired) electrons. The van der Waals surface area contributed by atoms with Crippen LogP contribution in [0.25, 0.3) is 0 Å². The van der Waals surface area contributed by atoms with Gasteiger partial charge in [-0.05, 0) is 26.7 Å². The van der Waals surface area contributed by atoms with Gasteiger partial charge in [-0.15, -0.1) is 0 Å². The average molecular weight is 285 g/mol. The third-order valence-electron chi connectivity index (χ3n) is 3.63. The number of rotatable bonds is 7. The molecule has 1 fully saturated rings. The van der Waals surface area contributed by atoms with Crippen LogP contribution in [0, 0.1) is 5.92 Å². The highest BCUT2D eigenvalue weighted by Gasteiger charge is 2.23. The molecule has 1 aliphatic heterocycles. The molecule has 5 heteroatoms. The van der Waals surface area contributed by atoms with Crippen LogP contribution in [0.5, 0.6) is 0 Å². The van der Waals surface area contributed by atoms with Gasteiger partial charge in [0, 0.05) is 32.2 Å². The number of morpholine rings is 1. The highest BCUT2D eigenvalue weighted by molar-refractivity contribution is 5.81. The Labute approximate surface area is 123 Å². The van der Waals surface area contributed by atoms with Crippen LogP contribution >= 0.6 is 0 Å². The number of carbonyl (C=O) groups is 1. The third kappa shape index (κ3) is 6.20. The van der Waals surface area contributed by atoms with Gasteiger partial charge in [0.25, 0.3) is 0 Å². The van der Waals surface area contributed by atoms with Crippen molar-refractivity contribution in [3.05, 3.63) is 0 Å². The number of hydrogen-bond donors (Lipinski definition) is 2. The zero-order chi connectivity index (χ0) is 15.1. The van der Waals surface area contributed by atoms with Crippen molar-refractivity contribution in [1.82, 2.24) is 15.5 Å². The zero-order valence-electron chi connectivity index (χ0n) is 13.6. The van der Waals surface area contributed by atoms with Gasteiger partial charge in [-0.25, -0.2) is 0 Å². The standard InChI is InChI=1S/C15H31N3O2/c1-11(2)8-17-15(19)13(5)16-9-14-10-18(12(3)4)6-7-20-14/h11-14,16H,6-10H2,1-5H3,(H,17,19). The monoisotopic (exact) mass is 285 g/mol. The molecule has 0 bridgehead atoms. The van der Waals surface area contributed by atoms with Gasteiger partial charge in [-0.1, -0.05) is 13.8 Å². The van der Waals surface area contributed by atoms with E-state index in [2.05, 4.69) is 43.2 Å². The van der Waals surface area contributed by atoms with E-state index in [0.29, 0.717) is 12.0 Å². The van der Waals surface area contributed by atoms with Crippen LogP contribution in [0.15, 0.2) is 0 Å². The Bertz CT molecular complexity index is 295. The minimum absolute atomic E-state index is 0.0650. The van der Waals surface area contributed by atoms with Gasteiger partial charge in [0.15, 0.2) is 0 Å². The second-order valence-corrected chi connectivity index (χ2v) is 6.35. The molecule has 1 amide bonds. The van der Waals surface area contributed by atoms with Crippen molar-refractivity contribution in [3.63, 3.8) is 0 Å². The first kappa shape index (κ1) is 17.4. The lowest BCUT2D eigenvalue weighted by molar-refractivity contribution is -0.123. The summed E-state index contributed by atoms with van der Waals surface area (Å²) in [5.74, 6) is 0.544. The fraction of sp³-hybridized carbons (Fsp3) is 0.933. The number of hydrogen-bond acceptors (Lipinski definition) is 4. The molecular formula is C15H31N3O2. The Morgan fingerprint density at radius 2 is 2.00 bits per heavy atom. The molecular weight excluding hydrogens is 254 g/mol. The normalized spacial score (nSPS) is 22.2. The molecule has 118 valence electrons. The summed E-state index contributed by atoms with van der Waals surface area (Å²) in [5.41, 5.74) is 0. The fourth-order valence-electron chi connectivity index (χ4n) is 2.19. The molecule has 5 nitrogen and oxygen atoms in total. The first-order valence-corrected chi connectivity index (χ1v) is 7.77. The smallest absolute Gasteiger partial charge is 0.236 e. The van der Waals surface area contributed by atoms with Gasteiger partial charge in [0.05, 0.1) is 18.8 Å². The Kier molecular flexibility index (Phi) is 7.48. The molecule has 0 aromatic rings. The van der Waals surface area contributed by atoms with Crippen LogP contribution in [0.2, 0.25) is 0 Å². The molecule has 2 unspecified atom stereocenters. The topological polar surface area (TPSA) is 53.6 Å². The molecule has 0 saturated carbocycles. The van der Waals surface area contributed by atoms with Gasteiger partial charge < -0.3 is 15.4 Å². The molecule has 0 spiro atoms. The van der Waals surface area contributed by atoms with Crippen LogP contribution in [0.1, 0.15) is 34.6 Å². The summed E-state index contributed by atoms with van der Waals surface area (Å²) in [5, 5.41) is 6.22. The lowest BCUT2D eigenvalue weighted by Crippen LogP contribution is -2.52. The highest BCUT2D eigenvalue weighted by atomic mass is 16.5. The summed E-state index contributed by atoms with van der Waals surface area (Å²) < 4.78 is 5.75. The first-order valence-electron chi connectivity index (χ1n) is 7.77. The van der Waals surface area contributed by atoms with E-state index in [1.54, 1.807) is 0 Å². The van der Waals surface area contributed by atoms with Gasteiger partial charge in [-0.2, -0.15) is 0 Å². The maximum absolute atomic E-state index is 11.9. The molecule has 20 heavy (non-hydrogen) atoms. The molecule has 0 aliphatic carbocycles. The second-order valence-electron chi connectivity index (χ2n) is 6.35. The van der Waals surface area contributed by atoms with Crippen LogP contribution in [-0.2, 0) is 9.53 Å². The summed E-state index contributed by atoms with van der Waals surface area (Å²) in [6.45, 7) is 14.7. The van der Waals surface area contributed by atoms with Gasteiger partial charge in [0.2, 0.25) is 5.91 Å². The Morgan fingerprint density at radius 1 is 1.30 bits per heavy atom. The minimum atomic E-state index is -0.174. The van der Waals surface area contributed by atoms with Crippen LogP contribution in [-0.4, -0.2) is 61.8 Å². The summed E-state index contributed by atoms with van der Waals surface area (Å²) >= 11 is 0. The summed E-state index contributed by atoms with van der Waals surface area (Å²) in [6, 6.07) is 0.375. The van der Waals surface area contributed by atoms with Crippen molar-refractivity contribution in [3.8, 4) is 0 Å². The van der Waals surface area contributed by atoms with E-state index in [9.17, 15) is 4.79 Å². The fourth-order valence-corrected chi connectivity index (χ4v) is 2.19. The lowest BCUT2D eigenvalue weighted by Gasteiger charge is -2.36. The van der Waals surface area contributed by atoms with Crippen LogP contribution in [0.4, 0.5) is 0 Å². The molecule has 2 atom stereocenters. The molecule has 1 heterocycles. The number of ether oxygens (including phenoxy) is 1. The predicted octanol–water partition coefficient (Wildman–Crippen LogP) is 0.846. The van der Waals surface area contributed by atoms with E-state index in [-0.39, 0.29) is 18.1 Å². The quantitative estimate of drug-likeness (QED) is 0.728. The van der Waals surface area contributed by atoms with E-state index >= 15 is 0 Å². The molecule has 1 aliphatic rings. The second kappa shape index (κ2) is 8.60. The molecule has 1 rings (SSSR count). The molecule has 0 aromatic heterocycles. The number of nitrogens with zero attached hydrogens (tertiary/aromatic N) is 1. The van der Waals surface area contributed by atoms with E-state index < -0.39 is 0 Å². The van der Waals surface area contributed by atoms with Crippen molar-refractivity contribution in [2.75, 3.05) is 32.8 Å². The maximum atomic E-state index is 11.9. The molecule has 2 N–H and O–H groups in total. The van der Waals surface area contributed by atoms with Crippen molar-refractivity contribution in [2.24, 2.45) is 5.92 Å². The van der Waals surface area contributed by atoms with Crippen molar-refractivity contribution >= 4 is 5.91 Å². The predicted molar refractivity (Wildman–Crippen MR) is 81.8 cm³/mol. The van der Waals surface area contributed by atoms with E-state index in [0.717, 1.165) is 32.8 Å². The van der Waals surface area contributed by atoms with Gasteiger partial charge in [0.1, 0.15) is 0 Å². The number of nitrogens with one attached hydrogen (secondary N) is 2. The Balaban J connectivity index is 2.26. The Morgan fingerprint density at radius 3 is 2.60 bits per heavy atom. The first-order chi connectivity index (χ1) is 9.40. The van der Waals surface area contributed by atoms with Crippen molar-refractivity contribution < 1.29 is 9.53 Å². The number of carbonyl (C=O) groups excluding carboxylic acids is 1. The van der Waals surface area contributed by atoms with Gasteiger partial charge in [-0.3, -0.25) is 9.69 Å². The minimum Gasteiger partial charge on any atom is -0.374 e. The lowest BCUT2D eigenvalue weighted by atomic mass is 10.2. The van der Waals surface area contributed by atoms with Crippen LogP contribution in [0.3, 0.4) is 0 Å². The van der Waals surface area contributed by atoms with E-state index in [1.807, 2.05) is 6.92 Å². The van der Waals surface area contributed by atoms with Crippen LogP contribution < -0.4 is 10.6 Å². The van der Waals surface area contributed by atoms with Crippen molar-refractivity contribution in [2.45, 2.75) is 52.8 Å². The molecule has 0 aromatic carbocycles. The van der Waals surface area contributed by atoms with E-state index in [4.69, 9.17) is 4.74 Å². The van der Waals surface area contributed by atoms with E-state index in [1.165, 1.54) is 0 Å². The average Bonchev–Trinajstić information content (AvgIpc) is 2.42.